The zero-order valence-electron chi connectivity index (χ0n) is 13.7. The molecule has 1 saturated carbocycles. The molecule has 9 heteroatoms. The molecule has 1 aromatic rings. The Kier molecular flexibility index (Phi) is 5.24. The third-order valence-corrected chi connectivity index (χ3v) is 6.65. The van der Waals surface area contributed by atoms with Gasteiger partial charge < -0.3 is 10.2 Å². The van der Waals surface area contributed by atoms with Gasteiger partial charge >= 0.3 is 6.03 Å². The summed E-state index contributed by atoms with van der Waals surface area (Å²) in [4.78, 5) is 13.2. The number of nitrogens with one attached hydrogen (secondary N) is 1. The number of hydrogen-bond donors (Lipinski definition) is 1. The molecule has 0 spiro atoms. The van der Waals surface area contributed by atoms with Crippen LogP contribution in [0.15, 0.2) is 23.1 Å². The molecule has 1 saturated heterocycles. The summed E-state index contributed by atoms with van der Waals surface area (Å²) in [5.74, 6) is -1.94. The molecule has 2 aliphatic rings. The number of nitrogens with zero attached hydrogens (tertiary/aromatic N) is 2. The summed E-state index contributed by atoms with van der Waals surface area (Å²) < 4.78 is 53.0. The monoisotopic (exact) mass is 373 g/mol. The fraction of sp³-hybridized carbons (Fsp3) is 0.562. The Morgan fingerprint density at radius 3 is 2.32 bits per heavy atom. The Hall–Kier alpha value is -1.74. The van der Waals surface area contributed by atoms with Crippen LogP contribution in [0.1, 0.15) is 25.7 Å². The maximum Gasteiger partial charge on any atom is 0.317 e. The number of carbonyl (C=O) groups excluding carboxylic acids is 1. The maximum absolute atomic E-state index is 13.8. The van der Waals surface area contributed by atoms with Gasteiger partial charge in [-0.1, -0.05) is 12.8 Å². The van der Waals surface area contributed by atoms with Crippen LogP contribution >= 0.6 is 0 Å². The highest BCUT2D eigenvalue weighted by atomic mass is 32.2. The lowest BCUT2D eigenvalue weighted by atomic mass is 10.2. The molecule has 0 atom stereocenters. The van der Waals surface area contributed by atoms with E-state index in [1.54, 1.807) is 4.90 Å². The Balaban J connectivity index is 1.62. The van der Waals surface area contributed by atoms with E-state index in [1.807, 2.05) is 0 Å². The van der Waals surface area contributed by atoms with Gasteiger partial charge in [0.1, 0.15) is 16.5 Å². The van der Waals surface area contributed by atoms with Crippen molar-refractivity contribution in [3.8, 4) is 0 Å². The molecule has 25 heavy (non-hydrogen) atoms. The number of rotatable bonds is 3. The molecule has 138 valence electrons. The van der Waals surface area contributed by atoms with E-state index >= 15 is 0 Å². The van der Waals surface area contributed by atoms with Crippen molar-refractivity contribution >= 4 is 16.1 Å². The minimum atomic E-state index is -4.05. The third-order valence-electron chi connectivity index (χ3n) is 4.72. The van der Waals surface area contributed by atoms with Crippen molar-refractivity contribution in [3.05, 3.63) is 29.8 Å². The molecule has 0 aromatic heterocycles. The van der Waals surface area contributed by atoms with E-state index in [1.165, 1.54) is 0 Å². The number of halogens is 2. The molecule has 1 aliphatic heterocycles. The number of urea groups is 1. The Bertz CT molecular complexity index is 743. The van der Waals surface area contributed by atoms with Crippen LogP contribution in [-0.4, -0.2) is 55.9 Å². The molecule has 1 heterocycles. The average Bonchev–Trinajstić information content (AvgIpc) is 3.07. The second kappa shape index (κ2) is 7.25. The van der Waals surface area contributed by atoms with Gasteiger partial charge in [-0.3, -0.25) is 0 Å². The van der Waals surface area contributed by atoms with Crippen molar-refractivity contribution in [3.63, 3.8) is 0 Å². The highest BCUT2D eigenvalue weighted by Crippen LogP contribution is 2.22. The van der Waals surface area contributed by atoms with Crippen molar-refractivity contribution in [1.82, 2.24) is 14.5 Å². The van der Waals surface area contributed by atoms with Gasteiger partial charge in [-0.2, -0.15) is 4.31 Å². The van der Waals surface area contributed by atoms with E-state index in [9.17, 15) is 22.0 Å². The number of hydrogen-bond acceptors (Lipinski definition) is 3. The highest BCUT2D eigenvalue weighted by Gasteiger charge is 2.32. The zero-order chi connectivity index (χ0) is 18.0. The van der Waals surface area contributed by atoms with Gasteiger partial charge in [-0.05, 0) is 25.0 Å². The normalized spacial score (nSPS) is 20.0. The summed E-state index contributed by atoms with van der Waals surface area (Å²) in [5.41, 5.74) is 0. The Labute approximate surface area is 145 Å². The lowest BCUT2D eigenvalue weighted by molar-refractivity contribution is 0.169. The second-order valence-corrected chi connectivity index (χ2v) is 8.30. The largest absolute Gasteiger partial charge is 0.335 e. The standard InChI is InChI=1S/C16H21F2N3O3S/c17-12-5-6-15(14(18)11-12)25(23,24)21-9-7-20(8-10-21)16(22)19-13-3-1-2-4-13/h5-6,11,13H,1-4,7-10H2,(H,19,22). The Morgan fingerprint density at radius 1 is 1.08 bits per heavy atom. The molecule has 1 aromatic carbocycles. The molecule has 2 amide bonds. The van der Waals surface area contributed by atoms with Crippen molar-refractivity contribution in [2.24, 2.45) is 0 Å². The van der Waals surface area contributed by atoms with Gasteiger partial charge in [0.05, 0.1) is 0 Å². The van der Waals surface area contributed by atoms with Crippen molar-refractivity contribution < 1.29 is 22.0 Å². The topological polar surface area (TPSA) is 69.7 Å². The number of benzene rings is 1. The van der Waals surface area contributed by atoms with Crippen LogP contribution in [0, 0.1) is 11.6 Å². The summed E-state index contributed by atoms with van der Waals surface area (Å²) in [6.45, 7) is 0.635. The van der Waals surface area contributed by atoms with E-state index in [0.717, 1.165) is 42.1 Å². The number of sulfonamides is 1. The van der Waals surface area contributed by atoms with Crippen LogP contribution in [0.3, 0.4) is 0 Å². The van der Waals surface area contributed by atoms with Gasteiger partial charge in [0.2, 0.25) is 10.0 Å². The molecule has 1 N–H and O–H groups in total. The maximum atomic E-state index is 13.8. The number of amides is 2. The van der Waals surface area contributed by atoms with Crippen LogP contribution in [0.4, 0.5) is 13.6 Å². The number of carbonyl (C=O) groups is 1. The molecule has 2 fully saturated rings. The van der Waals surface area contributed by atoms with Gasteiger partial charge in [0.15, 0.2) is 0 Å². The zero-order valence-corrected chi connectivity index (χ0v) is 14.6. The van der Waals surface area contributed by atoms with Crippen LogP contribution < -0.4 is 5.32 Å². The molecule has 6 nitrogen and oxygen atoms in total. The van der Waals surface area contributed by atoms with E-state index < -0.39 is 26.6 Å². The first-order chi connectivity index (χ1) is 11.9. The quantitative estimate of drug-likeness (QED) is 0.880. The van der Waals surface area contributed by atoms with E-state index in [0.29, 0.717) is 6.07 Å². The summed E-state index contributed by atoms with van der Waals surface area (Å²) in [6, 6.07) is 2.41. The minimum Gasteiger partial charge on any atom is -0.335 e. The molecule has 3 rings (SSSR count). The highest BCUT2D eigenvalue weighted by molar-refractivity contribution is 7.89. The lowest BCUT2D eigenvalue weighted by Gasteiger charge is -2.34. The summed E-state index contributed by atoms with van der Waals surface area (Å²) >= 11 is 0. The predicted octanol–water partition coefficient (Wildman–Crippen LogP) is 1.92. The SMILES string of the molecule is O=C(NC1CCCC1)N1CCN(S(=O)(=O)c2ccc(F)cc2F)CC1. The van der Waals surface area contributed by atoms with E-state index in [2.05, 4.69) is 5.32 Å². The first kappa shape index (κ1) is 18.1. The van der Waals surface area contributed by atoms with Gasteiger partial charge in [-0.25, -0.2) is 22.0 Å². The summed E-state index contributed by atoms with van der Waals surface area (Å²) in [5, 5.41) is 2.97. The van der Waals surface area contributed by atoms with Crippen LogP contribution in [0.5, 0.6) is 0 Å². The minimum absolute atomic E-state index is 0.0806. The first-order valence-electron chi connectivity index (χ1n) is 8.38. The average molecular weight is 373 g/mol. The third kappa shape index (κ3) is 3.92. The van der Waals surface area contributed by atoms with Crippen molar-refractivity contribution in [2.75, 3.05) is 26.2 Å². The van der Waals surface area contributed by atoms with Crippen molar-refractivity contribution in [2.45, 2.75) is 36.6 Å². The van der Waals surface area contributed by atoms with Crippen LogP contribution in [0.2, 0.25) is 0 Å². The fourth-order valence-electron chi connectivity index (χ4n) is 3.29. The molecule has 0 unspecified atom stereocenters. The van der Waals surface area contributed by atoms with E-state index in [4.69, 9.17) is 0 Å². The van der Waals surface area contributed by atoms with Crippen LogP contribution in [-0.2, 0) is 10.0 Å². The fourth-order valence-corrected chi connectivity index (χ4v) is 4.76. The molecule has 0 bridgehead atoms. The first-order valence-corrected chi connectivity index (χ1v) is 9.82. The molecule has 1 aliphatic carbocycles. The smallest absolute Gasteiger partial charge is 0.317 e. The Morgan fingerprint density at radius 2 is 1.72 bits per heavy atom. The van der Waals surface area contributed by atoms with Gasteiger partial charge in [-0.15, -0.1) is 0 Å². The summed E-state index contributed by atoms with van der Waals surface area (Å²) in [7, 11) is -4.05. The van der Waals surface area contributed by atoms with Gasteiger partial charge in [0.25, 0.3) is 0 Å². The summed E-state index contributed by atoms with van der Waals surface area (Å²) in [6.07, 6.45) is 4.17. The van der Waals surface area contributed by atoms with E-state index in [-0.39, 0.29) is 38.3 Å². The van der Waals surface area contributed by atoms with Crippen molar-refractivity contribution in [1.29, 1.82) is 0 Å². The molecule has 0 radical (unpaired) electrons. The number of piperazine rings is 1. The predicted molar refractivity (Wildman–Crippen MR) is 87.5 cm³/mol. The van der Waals surface area contributed by atoms with Gasteiger partial charge in [0, 0.05) is 38.3 Å². The van der Waals surface area contributed by atoms with Crippen LogP contribution in [0.25, 0.3) is 0 Å². The second-order valence-electron chi connectivity index (χ2n) is 6.40. The lowest BCUT2D eigenvalue weighted by Crippen LogP contribution is -2.54. The molecular weight excluding hydrogens is 352 g/mol. The molecular formula is C16H21F2N3O3S.